The number of aryl methyl sites for hydroxylation is 1. The Morgan fingerprint density at radius 1 is 1.09 bits per heavy atom. The number of benzene rings is 1. The molecular formula is C25H31ClN4O3. The second-order valence-electron chi connectivity index (χ2n) is 9.18. The lowest BCUT2D eigenvalue weighted by Gasteiger charge is -2.42. The number of carbonyl (C=O) groups is 2. The largest absolute Gasteiger partial charge is 0.493 e. The fourth-order valence-electron chi connectivity index (χ4n) is 4.70. The molecule has 0 unspecified atom stereocenters. The zero-order chi connectivity index (χ0) is 23.3. The van der Waals surface area contributed by atoms with E-state index in [2.05, 4.69) is 9.97 Å². The first-order valence-corrected chi connectivity index (χ1v) is 12.1. The molecule has 2 fully saturated rings. The average Bonchev–Trinajstić information content (AvgIpc) is 2.84. The summed E-state index contributed by atoms with van der Waals surface area (Å²) in [5.41, 5.74) is 0.886. The van der Waals surface area contributed by atoms with Crippen LogP contribution >= 0.6 is 11.6 Å². The van der Waals surface area contributed by atoms with Gasteiger partial charge in [0.05, 0.1) is 17.9 Å². The smallest absolute Gasteiger partial charge is 0.257 e. The van der Waals surface area contributed by atoms with Gasteiger partial charge in [-0.15, -0.1) is 0 Å². The highest BCUT2D eigenvalue weighted by atomic mass is 35.5. The molecule has 3 heterocycles. The Hall–Kier alpha value is -2.67. The number of halogens is 1. The summed E-state index contributed by atoms with van der Waals surface area (Å²) in [7, 11) is 0. The van der Waals surface area contributed by atoms with Crippen molar-refractivity contribution in [3.05, 3.63) is 53.1 Å². The first-order valence-electron chi connectivity index (χ1n) is 11.7. The first-order chi connectivity index (χ1) is 16.0. The molecule has 1 aromatic carbocycles. The van der Waals surface area contributed by atoms with Crippen LogP contribution in [0.25, 0.3) is 0 Å². The Morgan fingerprint density at radius 3 is 2.55 bits per heavy atom. The summed E-state index contributed by atoms with van der Waals surface area (Å²) in [5.74, 6) is 0.833. The molecule has 2 aliphatic heterocycles. The van der Waals surface area contributed by atoms with Gasteiger partial charge in [-0.05, 0) is 57.2 Å². The summed E-state index contributed by atoms with van der Waals surface area (Å²) in [4.78, 5) is 38.2. The van der Waals surface area contributed by atoms with E-state index in [4.69, 9.17) is 16.3 Å². The van der Waals surface area contributed by atoms with Crippen LogP contribution < -0.4 is 4.74 Å². The van der Waals surface area contributed by atoms with E-state index in [1.54, 1.807) is 12.3 Å². The number of carbonyl (C=O) groups excluding carboxylic acids is 2. The van der Waals surface area contributed by atoms with Gasteiger partial charge in [0.1, 0.15) is 12.1 Å². The number of hydrogen-bond acceptors (Lipinski definition) is 5. The summed E-state index contributed by atoms with van der Waals surface area (Å²) in [6.45, 7) is 5.05. The van der Waals surface area contributed by atoms with Gasteiger partial charge in [-0.3, -0.25) is 9.59 Å². The summed E-state index contributed by atoms with van der Waals surface area (Å²) < 4.78 is 6.14. The first kappa shape index (κ1) is 23.5. The molecule has 8 heteroatoms. The van der Waals surface area contributed by atoms with Gasteiger partial charge in [0.25, 0.3) is 5.91 Å². The van der Waals surface area contributed by atoms with Crippen molar-refractivity contribution in [3.8, 4) is 5.75 Å². The Morgan fingerprint density at radius 2 is 1.85 bits per heavy atom. The number of hydrogen-bond donors (Lipinski definition) is 0. The monoisotopic (exact) mass is 470 g/mol. The molecule has 4 rings (SSSR count). The van der Waals surface area contributed by atoms with E-state index in [9.17, 15) is 9.59 Å². The van der Waals surface area contributed by atoms with Crippen LogP contribution in [0.15, 0.2) is 36.8 Å². The van der Waals surface area contributed by atoms with Crippen molar-refractivity contribution in [1.29, 1.82) is 0 Å². The van der Waals surface area contributed by atoms with Crippen molar-refractivity contribution in [2.45, 2.75) is 45.4 Å². The number of rotatable bonds is 6. The summed E-state index contributed by atoms with van der Waals surface area (Å²) in [6, 6.07) is 7.33. The van der Waals surface area contributed by atoms with Gasteiger partial charge in [0, 0.05) is 49.2 Å². The van der Waals surface area contributed by atoms with Gasteiger partial charge in [-0.2, -0.15) is 0 Å². The zero-order valence-electron chi connectivity index (χ0n) is 19.1. The molecular weight excluding hydrogens is 440 g/mol. The van der Waals surface area contributed by atoms with Gasteiger partial charge in [-0.1, -0.05) is 17.7 Å². The Kier molecular flexibility index (Phi) is 7.48. The van der Waals surface area contributed by atoms with Crippen molar-refractivity contribution in [3.63, 3.8) is 0 Å². The van der Waals surface area contributed by atoms with Crippen LogP contribution in [0.5, 0.6) is 5.75 Å². The van der Waals surface area contributed by atoms with E-state index in [0.29, 0.717) is 61.0 Å². The summed E-state index contributed by atoms with van der Waals surface area (Å²) >= 11 is 6.12. The maximum atomic E-state index is 13.2. The number of ether oxygens (including phenoxy) is 1. The Bertz CT molecular complexity index is 985. The quantitative estimate of drug-likeness (QED) is 0.634. The third-order valence-corrected chi connectivity index (χ3v) is 7.06. The number of likely N-dealkylation sites (tertiary alicyclic amines) is 2. The van der Waals surface area contributed by atoms with Crippen LogP contribution in [-0.2, 0) is 4.79 Å². The molecule has 0 atom stereocenters. The van der Waals surface area contributed by atoms with Crippen LogP contribution in [0.1, 0.15) is 54.6 Å². The van der Waals surface area contributed by atoms with E-state index < -0.39 is 0 Å². The van der Waals surface area contributed by atoms with Crippen molar-refractivity contribution in [2.24, 2.45) is 5.41 Å². The number of aromatic nitrogens is 2. The highest BCUT2D eigenvalue weighted by Crippen LogP contribution is 2.37. The van der Waals surface area contributed by atoms with Crippen LogP contribution in [0, 0.1) is 12.3 Å². The molecule has 2 amide bonds. The maximum Gasteiger partial charge on any atom is 0.257 e. The van der Waals surface area contributed by atoms with Gasteiger partial charge < -0.3 is 14.5 Å². The fraction of sp³-hybridized carbons (Fsp3) is 0.520. The Balaban J connectivity index is 1.46. The normalized spacial score (nSPS) is 18.1. The molecule has 0 N–H and O–H groups in total. The minimum Gasteiger partial charge on any atom is -0.493 e. The summed E-state index contributed by atoms with van der Waals surface area (Å²) in [6.07, 6.45) is 8.19. The van der Waals surface area contributed by atoms with Crippen LogP contribution in [0.3, 0.4) is 0 Å². The number of piperidine rings is 2. The lowest BCUT2D eigenvalue weighted by molar-refractivity contribution is -0.136. The third kappa shape index (κ3) is 5.82. The van der Waals surface area contributed by atoms with Gasteiger partial charge in [-0.25, -0.2) is 9.97 Å². The molecule has 2 saturated heterocycles. The standard InChI is InChI=1S/C25H31ClN4O3/c1-19-22(16-27-18-28-19)24(32)30-12-8-25(9-13-30,15-23(31)29-10-3-2-4-11-29)17-33-21-7-5-6-20(26)14-21/h5-7,14,16,18H,2-4,8-13,15,17H2,1H3. The zero-order valence-corrected chi connectivity index (χ0v) is 19.9. The minimum absolute atomic E-state index is 0.0557. The second-order valence-corrected chi connectivity index (χ2v) is 9.61. The predicted octanol–water partition coefficient (Wildman–Crippen LogP) is 4.14. The fourth-order valence-corrected chi connectivity index (χ4v) is 4.88. The molecule has 33 heavy (non-hydrogen) atoms. The maximum absolute atomic E-state index is 13.2. The molecule has 2 aliphatic rings. The third-order valence-electron chi connectivity index (χ3n) is 6.83. The van der Waals surface area contributed by atoms with Gasteiger partial charge in [0.15, 0.2) is 0 Å². The average molecular weight is 471 g/mol. The van der Waals surface area contributed by atoms with Crippen molar-refractivity contribution in [2.75, 3.05) is 32.8 Å². The van der Waals surface area contributed by atoms with E-state index in [1.165, 1.54) is 12.7 Å². The number of amides is 2. The second kappa shape index (κ2) is 10.5. The Labute approximate surface area is 200 Å². The molecule has 0 radical (unpaired) electrons. The van der Waals surface area contributed by atoms with Crippen LogP contribution in [-0.4, -0.2) is 64.4 Å². The van der Waals surface area contributed by atoms with Gasteiger partial charge >= 0.3 is 0 Å². The summed E-state index contributed by atoms with van der Waals surface area (Å²) in [5, 5.41) is 0.617. The predicted molar refractivity (Wildman–Crippen MR) is 126 cm³/mol. The van der Waals surface area contributed by atoms with Gasteiger partial charge in [0.2, 0.25) is 5.91 Å². The van der Waals surface area contributed by atoms with E-state index in [0.717, 1.165) is 25.9 Å². The topological polar surface area (TPSA) is 75.6 Å². The highest BCUT2D eigenvalue weighted by Gasteiger charge is 2.40. The van der Waals surface area contributed by atoms with E-state index in [1.807, 2.05) is 34.9 Å². The van der Waals surface area contributed by atoms with E-state index >= 15 is 0 Å². The van der Waals surface area contributed by atoms with E-state index in [-0.39, 0.29) is 17.2 Å². The van der Waals surface area contributed by atoms with Crippen molar-refractivity contribution < 1.29 is 14.3 Å². The SMILES string of the molecule is Cc1ncncc1C(=O)N1CCC(COc2cccc(Cl)c2)(CC(=O)N2CCCCC2)CC1. The molecule has 0 saturated carbocycles. The lowest BCUT2D eigenvalue weighted by atomic mass is 9.75. The highest BCUT2D eigenvalue weighted by molar-refractivity contribution is 6.30. The van der Waals surface area contributed by atoms with Crippen LogP contribution in [0.2, 0.25) is 5.02 Å². The van der Waals surface area contributed by atoms with Crippen LogP contribution in [0.4, 0.5) is 0 Å². The molecule has 0 aliphatic carbocycles. The number of nitrogens with zero attached hydrogens (tertiary/aromatic N) is 4. The molecule has 1 aromatic heterocycles. The van der Waals surface area contributed by atoms with Crippen molar-refractivity contribution >= 4 is 23.4 Å². The molecule has 2 aromatic rings. The molecule has 0 bridgehead atoms. The minimum atomic E-state index is -0.324. The van der Waals surface area contributed by atoms with Crippen molar-refractivity contribution in [1.82, 2.24) is 19.8 Å². The molecule has 7 nitrogen and oxygen atoms in total. The molecule has 176 valence electrons. The molecule has 0 spiro atoms. The lowest BCUT2D eigenvalue weighted by Crippen LogP contribution is -2.48.